The molecule has 0 radical (unpaired) electrons. The summed E-state index contributed by atoms with van der Waals surface area (Å²) in [5, 5.41) is 9.03. The Labute approximate surface area is 93.7 Å². The Morgan fingerprint density at radius 3 is 2.71 bits per heavy atom. The second kappa shape index (κ2) is 4.06. The lowest BCUT2D eigenvalue weighted by molar-refractivity contribution is 0.0694. The van der Waals surface area contributed by atoms with Gasteiger partial charge in [-0.1, -0.05) is 11.6 Å². The highest BCUT2D eigenvalue weighted by Gasteiger charge is 2.19. The number of rotatable bonds is 2. The van der Waals surface area contributed by atoms with E-state index in [9.17, 15) is 4.79 Å². The van der Waals surface area contributed by atoms with Crippen molar-refractivity contribution in [3.05, 3.63) is 21.1 Å². The van der Waals surface area contributed by atoms with E-state index >= 15 is 0 Å². The Morgan fingerprint density at radius 1 is 1.71 bits per heavy atom. The average Bonchev–Trinajstić information content (AvgIpc) is 2.12. The van der Waals surface area contributed by atoms with Gasteiger partial charge in [-0.3, -0.25) is 0 Å². The van der Waals surface area contributed by atoms with E-state index in [4.69, 9.17) is 27.2 Å². The summed E-state index contributed by atoms with van der Waals surface area (Å²) in [5.41, 5.74) is 5.40. The molecule has 6 heteroatoms. The zero-order chi connectivity index (χ0) is 10.9. The van der Waals surface area contributed by atoms with Crippen LogP contribution in [-0.4, -0.2) is 18.2 Å². The number of carboxylic acids is 1. The van der Waals surface area contributed by atoms with Crippen molar-refractivity contribution in [1.82, 2.24) is 0 Å². The number of hydrogen-bond acceptors (Lipinski definition) is 3. The molecule has 0 atom stereocenters. The van der Waals surface area contributed by atoms with Crippen LogP contribution in [0.1, 0.15) is 10.4 Å². The van der Waals surface area contributed by atoms with Crippen molar-refractivity contribution in [3.8, 4) is 5.75 Å². The number of anilines is 1. The Kier molecular flexibility index (Phi) is 3.23. The first-order valence-electron chi connectivity index (χ1n) is 3.53. The second-order valence-electron chi connectivity index (χ2n) is 2.47. The molecule has 0 fully saturated rings. The number of carboxylic acid groups (broad SMARTS) is 1. The molecule has 1 rings (SSSR count). The summed E-state index contributed by atoms with van der Waals surface area (Å²) in [4.78, 5) is 10.8. The van der Waals surface area contributed by atoms with Crippen LogP contribution in [0.3, 0.4) is 0 Å². The van der Waals surface area contributed by atoms with E-state index in [0.717, 1.165) is 0 Å². The quantitative estimate of drug-likeness (QED) is 0.816. The maximum atomic E-state index is 10.8. The van der Waals surface area contributed by atoms with E-state index in [1.54, 1.807) is 0 Å². The predicted octanol–water partition coefficient (Wildman–Crippen LogP) is 2.39. The van der Waals surface area contributed by atoms with Crippen LogP contribution in [0.2, 0.25) is 5.02 Å². The molecule has 4 nitrogen and oxygen atoms in total. The van der Waals surface area contributed by atoms with E-state index in [0.29, 0.717) is 4.47 Å². The van der Waals surface area contributed by atoms with Gasteiger partial charge in [0.15, 0.2) is 0 Å². The average molecular weight is 281 g/mol. The maximum absolute atomic E-state index is 10.8. The van der Waals surface area contributed by atoms with Gasteiger partial charge in [0.25, 0.3) is 0 Å². The van der Waals surface area contributed by atoms with Gasteiger partial charge in [-0.25, -0.2) is 4.79 Å². The van der Waals surface area contributed by atoms with Gasteiger partial charge in [-0.2, -0.15) is 0 Å². The first kappa shape index (κ1) is 11.1. The first-order chi connectivity index (χ1) is 6.49. The Hall–Kier alpha value is -0.940. The molecule has 0 amide bonds. The van der Waals surface area contributed by atoms with Gasteiger partial charge < -0.3 is 15.6 Å². The fraction of sp³-hybridized carbons (Fsp3) is 0.125. The third-order valence-electron chi connectivity index (χ3n) is 1.65. The standard InChI is InChI=1S/C8H7BrClNO3/c1-14-4-2-3(9)6(10)7(11)5(4)8(12)13/h2H,11H2,1H3,(H,12,13). The number of benzene rings is 1. The predicted molar refractivity (Wildman–Crippen MR) is 57.1 cm³/mol. The molecule has 0 unspecified atom stereocenters. The zero-order valence-electron chi connectivity index (χ0n) is 7.17. The van der Waals surface area contributed by atoms with Gasteiger partial charge >= 0.3 is 5.97 Å². The highest BCUT2D eigenvalue weighted by molar-refractivity contribution is 9.10. The van der Waals surface area contributed by atoms with Crippen molar-refractivity contribution in [2.75, 3.05) is 12.8 Å². The Morgan fingerprint density at radius 2 is 2.29 bits per heavy atom. The highest BCUT2D eigenvalue weighted by Crippen LogP contribution is 2.37. The van der Waals surface area contributed by atoms with E-state index in [2.05, 4.69) is 15.9 Å². The van der Waals surface area contributed by atoms with Crippen LogP contribution in [0.25, 0.3) is 0 Å². The molecule has 1 aromatic rings. The minimum absolute atomic E-state index is 0.00890. The monoisotopic (exact) mass is 279 g/mol. The molecule has 14 heavy (non-hydrogen) atoms. The van der Waals surface area contributed by atoms with Crippen LogP contribution in [0, 0.1) is 0 Å². The second-order valence-corrected chi connectivity index (χ2v) is 3.70. The molecule has 0 bridgehead atoms. The fourth-order valence-corrected chi connectivity index (χ4v) is 1.57. The normalized spacial score (nSPS) is 9.93. The maximum Gasteiger partial charge on any atom is 0.341 e. The van der Waals surface area contributed by atoms with Crippen LogP contribution in [0.4, 0.5) is 5.69 Å². The van der Waals surface area contributed by atoms with E-state index in [1.807, 2.05) is 0 Å². The van der Waals surface area contributed by atoms with E-state index in [-0.39, 0.29) is 22.0 Å². The summed E-state index contributed by atoms with van der Waals surface area (Å²) in [5.74, 6) is -1.000. The van der Waals surface area contributed by atoms with Crippen LogP contribution >= 0.6 is 27.5 Å². The number of hydrogen-bond donors (Lipinski definition) is 2. The lowest BCUT2D eigenvalue weighted by atomic mass is 10.1. The minimum atomic E-state index is -1.17. The van der Waals surface area contributed by atoms with Crippen molar-refractivity contribution >= 4 is 39.2 Å². The number of nitrogens with two attached hydrogens (primary N) is 1. The van der Waals surface area contributed by atoms with Gasteiger partial charge in [0.1, 0.15) is 11.3 Å². The van der Waals surface area contributed by atoms with Crippen molar-refractivity contribution in [1.29, 1.82) is 0 Å². The van der Waals surface area contributed by atoms with Crippen LogP contribution in [0.5, 0.6) is 5.75 Å². The molecule has 76 valence electrons. The molecule has 0 saturated heterocycles. The minimum Gasteiger partial charge on any atom is -0.496 e. The van der Waals surface area contributed by atoms with Crippen LogP contribution in [0.15, 0.2) is 10.5 Å². The molecule has 0 saturated carbocycles. The Balaban J connectivity index is 3.53. The number of carbonyl (C=O) groups is 1. The van der Waals surface area contributed by atoms with Gasteiger partial charge in [0.2, 0.25) is 0 Å². The summed E-state index contributed by atoms with van der Waals surface area (Å²) in [6, 6.07) is 1.46. The van der Waals surface area contributed by atoms with Gasteiger partial charge in [0, 0.05) is 4.47 Å². The third-order valence-corrected chi connectivity index (χ3v) is 2.91. The topological polar surface area (TPSA) is 72.5 Å². The van der Waals surface area contributed by atoms with E-state index in [1.165, 1.54) is 13.2 Å². The zero-order valence-corrected chi connectivity index (χ0v) is 9.52. The molecule has 0 aromatic heterocycles. The van der Waals surface area contributed by atoms with Crippen LogP contribution in [-0.2, 0) is 0 Å². The molecule has 3 N–H and O–H groups in total. The SMILES string of the molecule is COc1cc(Br)c(Cl)c(N)c1C(=O)O. The van der Waals surface area contributed by atoms with Gasteiger partial charge in [-0.05, 0) is 22.0 Å². The number of nitrogen functional groups attached to an aromatic ring is 1. The van der Waals surface area contributed by atoms with Crippen molar-refractivity contribution < 1.29 is 14.6 Å². The van der Waals surface area contributed by atoms with Crippen LogP contribution < -0.4 is 10.5 Å². The largest absolute Gasteiger partial charge is 0.496 e. The fourth-order valence-electron chi connectivity index (χ4n) is 1.00. The highest BCUT2D eigenvalue weighted by atomic mass is 79.9. The summed E-state index contributed by atoms with van der Waals surface area (Å²) >= 11 is 8.90. The van der Waals surface area contributed by atoms with Crippen molar-refractivity contribution in [3.63, 3.8) is 0 Å². The lowest BCUT2D eigenvalue weighted by Gasteiger charge is -2.10. The molecule has 0 aliphatic heterocycles. The van der Waals surface area contributed by atoms with E-state index < -0.39 is 5.97 Å². The summed E-state index contributed by atoms with van der Waals surface area (Å²) < 4.78 is 5.37. The molecule has 0 heterocycles. The summed E-state index contributed by atoms with van der Waals surface area (Å²) in [7, 11) is 1.36. The molecular formula is C8H7BrClNO3. The lowest BCUT2D eigenvalue weighted by Crippen LogP contribution is -2.06. The molecule has 0 aliphatic carbocycles. The number of ether oxygens (including phenoxy) is 1. The molecule has 1 aromatic carbocycles. The Bertz CT molecular complexity index is 395. The van der Waals surface area contributed by atoms with Crippen molar-refractivity contribution in [2.45, 2.75) is 0 Å². The molecular weight excluding hydrogens is 273 g/mol. The van der Waals surface area contributed by atoms with Crippen molar-refractivity contribution in [2.24, 2.45) is 0 Å². The smallest absolute Gasteiger partial charge is 0.341 e. The number of methoxy groups -OCH3 is 1. The van der Waals surface area contributed by atoms with Gasteiger partial charge in [0.05, 0.1) is 17.8 Å². The molecule has 0 aliphatic rings. The third kappa shape index (κ3) is 1.78. The number of aromatic carboxylic acids is 1. The number of halogens is 2. The summed E-state index contributed by atoms with van der Waals surface area (Å²) in [6.45, 7) is 0. The molecule has 0 spiro atoms. The summed E-state index contributed by atoms with van der Waals surface area (Å²) in [6.07, 6.45) is 0. The first-order valence-corrected chi connectivity index (χ1v) is 4.71. The van der Waals surface area contributed by atoms with Gasteiger partial charge in [-0.15, -0.1) is 0 Å².